The van der Waals surface area contributed by atoms with Gasteiger partial charge in [0.2, 0.25) is 5.91 Å². The van der Waals surface area contributed by atoms with E-state index >= 15 is 0 Å². The number of amides is 1. The zero-order valence-electron chi connectivity index (χ0n) is 15.9. The second-order valence-corrected chi connectivity index (χ2v) is 9.25. The Bertz CT molecular complexity index is 951. The molecule has 0 spiro atoms. The molecule has 2 aromatic rings. The lowest BCUT2D eigenvalue weighted by molar-refractivity contribution is -0.143. The standard InChI is InChI=1S/C20H24N4O3S/c1-10(25)21-20-22-15-9-8-14-16(11-2-3-11)23-24(17(14)18(15)28-20)13-6-4-12(5-7-13)19(26)27/h11-13H,2-9H2,1H3,(H,26,27)(H,21,22,25). The molecule has 0 aromatic carbocycles. The number of rotatable bonds is 4. The Balaban J connectivity index is 1.53. The van der Waals surface area contributed by atoms with Crippen molar-refractivity contribution < 1.29 is 14.7 Å². The highest BCUT2D eigenvalue weighted by Gasteiger charge is 2.38. The minimum atomic E-state index is -0.677. The Morgan fingerprint density at radius 2 is 1.89 bits per heavy atom. The van der Waals surface area contributed by atoms with E-state index in [1.807, 2.05) is 0 Å². The molecule has 28 heavy (non-hydrogen) atoms. The number of nitrogens with one attached hydrogen (secondary N) is 1. The van der Waals surface area contributed by atoms with Crippen LogP contribution in [0.15, 0.2) is 0 Å². The fraction of sp³-hybridized carbons (Fsp3) is 0.600. The Hall–Kier alpha value is -2.22. The van der Waals surface area contributed by atoms with Crippen molar-refractivity contribution in [2.45, 2.75) is 70.3 Å². The largest absolute Gasteiger partial charge is 0.481 e. The summed E-state index contributed by atoms with van der Waals surface area (Å²) in [5.41, 5.74) is 4.82. The lowest BCUT2D eigenvalue weighted by atomic mass is 9.86. The second-order valence-electron chi connectivity index (χ2n) is 8.25. The van der Waals surface area contributed by atoms with Crippen LogP contribution in [0.3, 0.4) is 0 Å². The summed E-state index contributed by atoms with van der Waals surface area (Å²) in [6.07, 6.45) is 7.37. The molecule has 2 fully saturated rings. The van der Waals surface area contributed by atoms with Crippen LogP contribution in [0.5, 0.6) is 0 Å². The topological polar surface area (TPSA) is 97.1 Å². The highest BCUT2D eigenvalue weighted by Crippen LogP contribution is 2.49. The molecular weight excluding hydrogens is 376 g/mol. The fourth-order valence-corrected chi connectivity index (χ4v) is 5.77. The van der Waals surface area contributed by atoms with Crippen LogP contribution in [-0.2, 0) is 22.4 Å². The van der Waals surface area contributed by atoms with Crippen molar-refractivity contribution in [2.75, 3.05) is 5.32 Å². The average molecular weight is 401 g/mol. The fourth-order valence-electron chi connectivity index (χ4n) is 4.64. The lowest BCUT2D eigenvalue weighted by Gasteiger charge is -2.28. The van der Waals surface area contributed by atoms with E-state index in [4.69, 9.17) is 5.10 Å². The Morgan fingerprint density at radius 1 is 1.14 bits per heavy atom. The molecule has 3 aliphatic rings. The number of hydrogen-bond donors (Lipinski definition) is 2. The molecule has 2 saturated carbocycles. The average Bonchev–Trinajstić information content (AvgIpc) is 3.31. The van der Waals surface area contributed by atoms with E-state index in [1.165, 1.54) is 48.1 Å². The smallest absolute Gasteiger partial charge is 0.306 e. The van der Waals surface area contributed by atoms with Gasteiger partial charge >= 0.3 is 5.97 Å². The van der Waals surface area contributed by atoms with Crippen molar-refractivity contribution in [2.24, 2.45) is 5.92 Å². The summed E-state index contributed by atoms with van der Waals surface area (Å²) >= 11 is 1.54. The van der Waals surface area contributed by atoms with E-state index in [1.54, 1.807) is 0 Å². The predicted molar refractivity (Wildman–Crippen MR) is 106 cm³/mol. The number of carboxylic acids is 1. The second kappa shape index (κ2) is 6.69. The van der Waals surface area contributed by atoms with E-state index in [-0.39, 0.29) is 17.9 Å². The third-order valence-electron chi connectivity index (χ3n) is 6.20. The van der Waals surface area contributed by atoms with Crippen molar-refractivity contribution >= 4 is 28.3 Å². The third-order valence-corrected chi connectivity index (χ3v) is 7.22. The number of hydrogen-bond acceptors (Lipinski definition) is 5. The Labute approximate surface area is 167 Å². The molecule has 0 bridgehead atoms. The number of aryl methyl sites for hydroxylation is 1. The summed E-state index contributed by atoms with van der Waals surface area (Å²) in [7, 11) is 0. The van der Waals surface area contributed by atoms with Gasteiger partial charge in [-0.1, -0.05) is 11.3 Å². The maximum atomic E-state index is 11.5. The van der Waals surface area contributed by atoms with Crippen molar-refractivity contribution in [1.29, 1.82) is 0 Å². The van der Waals surface area contributed by atoms with Crippen LogP contribution in [0.4, 0.5) is 5.13 Å². The number of carbonyl (C=O) groups excluding carboxylic acids is 1. The van der Waals surface area contributed by atoms with Crippen LogP contribution in [0.25, 0.3) is 10.6 Å². The molecule has 8 heteroatoms. The van der Waals surface area contributed by atoms with Gasteiger partial charge in [-0.2, -0.15) is 5.10 Å². The molecule has 0 radical (unpaired) electrons. The summed E-state index contributed by atoms with van der Waals surface area (Å²) < 4.78 is 2.19. The van der Waals surface area contributed by atoms with Gasteiger partial charge in [0.1, 0.15) is 0 Å². The van der Waals surface area contributed by atoms with Crippen molar-refractivity contribution in [1.82, 2.24) is 14.8 Å². The first-order chi connectivity index (χ1) is 13.5. The zero-order chi connectivity index (χ0) is 19.4. The van der Waals surface area contributed by atoms with E-state index < -0.39 is 5.97 Å². The lowest BCUT2D eigenvalue weighted by Crippen LogP contribution is -2.24. The summed E-state index contributed by atoms with van der Waals surface area (Å²) in [4.78, 5) is 28.6. The van der Waals surface area contributed by atoms with Crippen LogP contribution < -0.4 is 5.32 Å². The number of fused-ring (bicyclic) bond motifs is 3. The molecule has 5 rings (SSSR count). The summed E-state index contributed by atoms with van der Waals surface area (Å²) in [6.45, 7) is 1.50. The Kier molecular flexibility index (Phi) is 4.26. The molecule has 2 heterocycles. The predicted octanol–water partition coefficient (Wildman–Crippen LogP) is 3.76. The number of aliphatic carboxylic acids is 1. The number of carbonyl (C=O) groups is 2. The van der Waals surface area contributed by atoms with Gasteiger partial charge in [-0.15, -0.1) is 0 Å². The van der Waals surface area contributed by atoms with Crippen LogP contribution in [0.1, 0.15) is 74.4 Å². The quantitative estimate of drug-likeness (QED) is 0.814. The minimum absolute atomic E-state index is 0.106. The van der Waals surface area contributed by atoms with E-state index in [9.17, 15) is 14.7 Å². The molecule has 2 N–H and O–H groups in total. The zero-order valence-corrected chi connectivity index (χ0v) is 16.7. The van der Waals surface area contributed by atoms with Gasteiger partial charge in [0.25, 0.3) is 0 Å². The van der Waals surface area contributed by atoms with Gasteiger partial charge in [-0.3, -0.25) is 14.3 Å². The van der Waals surface area contributed by atoms with Crippen molar-refractivity contribution in [3.8, 4) is 10.6 Å². The highest BCUT2D eigenvalue weighted by molar-refractivity contribution is 7.19. The van der Waals surface area contributed by atoms with E-state index in [0.717, 1.165) is 36.3 Å². The molecule has 0 aliphatic heterocycles. The molecule has 3 aliphatic carbocycles. The summed E-state index contributed by atoms with van der Waals surface area (Å²) in [5.74, 6) is -0.430. The van der Waals surface area contributed by atoms with Gasteiger partial charge in [0.15, 0.2) is 5.13 Å². The van der Waals surface area contributed by atoms with Crippen molar-refractivity contribution in [3.63, 3.8) is 0 Å². The first-order valence-corrected chi connectivity index (χ1v) is 10.9. The van der Waals surface area contributed by atoms with Gasteiger partial charge in [0.05, 0.1) is 33.9 Å². The minimum Gasteiger partial charge on any atom is -0.481 e. The Morgan fingerprint density at radius 3 is 2.54 bits per heavy atom. The van der Waals surface area contributed by atoms with Crippen LogP contribution in [0.2, 0.25) is 0 Å². The maximum absolute atomic E-state index is 11.5. The monoisotopic (exact) mass is 400 g/mol. The molecule has 2 aromatic heterocycles. The van der Waals surface area contributed by atoms with E-state index in [0.29, 0.717) is 23.9 Å². The van der Waals surface area contributed by atoms with Crippen LogP contribution in [-0.4, -0.2) is 31.7 Å². The molecule has 7 nitrogen and oxygen atoms in total. The maximum Gasteiger partial charge on any atom is 0.306 e. The highest BCUT2D eigenvalue weighted by atomic mass is 32.1. The molecule has 0 unspecified atom stereocenters. The van der Waals surface area contributed by atoms with Gasteiger partial charge < -0.3 is 10.4 Å². The molecule has 0 atom stereocenters. The van der Waals surface area contributed by atoms with E-state index in [2.05, 4.69) is 15.0 Å². The van der Waals surface area contributed by atoms with Crippen molar-refractivity contribution in [3.05, 3.63) is 17.0 Å². The number of thiazole rings is 1. The summed E-state index contributed by atoms with van der Waals surface area (Å²) in [5, 5.41) is 17.9. The van der Waals surface area contributed by atoms with Crippen LogP contribution >= 0.6 is 11.3 Å². The first-order valence-electron chi connectivity index (χ1n) is 10.1. The molecule has 0 saturated heterocycles. The van der Waals surface area contributed by atoms with Gasteiger partial charge in [-0.05, 0) is 51.4 Å². The normalized spacial score (nSPS) is 23.8. The van der Waals surface area contributed by atoms with Crippen LogP contribution in [0, 0.1) is 5.92 Å². The van der Waals surface area contributed by atoms with Gasteiger partial charge in [-0.25, -0.2) is 4.98 Å². The summed E-state index contributed by atoms with van der Waals surface area (Å²) in [6, 6.07) is 0.245. The third kappa shape index (κ3) is 3.03. The molecule has 1 amide bonds. The first kappa shape index (κ1) is 17.8. The SMILES string of the molecule is CC(=O)Nc1nc2c(s1)-c1c(c(C3CC3)nn1C1CCC(C(=O)O)CC1)CC2. The molecule has 148 valence electrons. The van der Waals surface area contributed by atoms with Gasteiger partial charge in [0, 0.05) is 18.4 Å². The number of aromatic nitrogens is 3. The number of nitrogens with zero attached hydrogens (tertiary/aromatic N) is 3. The molecular formula is C20H24N4O3S. The number of carboxylic acid groups (broad SMARTS) is 1. The number of anilines is 1.